The summed E-state index contributed by atoms with van der Waals surface area (Å²) in [6.07, 6.45) is 0. The highest BCUT2D eigenvalue weighted by Crippen LogP contribution is 2.23. The Balaban J connectivity index is 2.09. The number of carbonyl (C=O) groups excluding carboxylic acids is 1. The van der Waals surface area contributed by atoms with E-state index >= 15 is 0 Å². The molecular weight excluding hydrogens is 242 g/mol. The summed E-state index contributed by atoms with van der Waals surface area (Å²) in [6, 6.07) is 11.7. The molecule has 1 N–H and O–H groups in total. The molecular formula is C15H17NOS. The maximum atomic E-state index is 11.9. The van der Waals surface area contributed by atoms with Crippen molar-refractivity contribution in [2.45, 2.75) is 26.2 Å². The minimum Gasteiger partial charge on any atom is -0.321 e. The molecule has 2 aromatic rings. The summed E-state index contributed by atoms with van der Waals surface area (Å²) in [5.41, 5.74) is 2.23. The van der Waals surface area contributed by atoms with E-state index in [0.29, 0.717) is 0 Å². The SMILES string of the molecule is CC(C)(C)c1ccc(NC(=O)c2cccs2)cc1. The number of amides is 1. The standard InChI is InChI=1S/C15H17NOS/c1-15(2,3)11-6-8-12(9-7-11)16-14(17)13-5-4-10-18-13/h4-10H,1-3H3,(H,16,17). The highest BCUT2D eigenvalue weighted by Gasteiger charge is 2.13. The topological polar surface area (TPSA) is 29.1 Å². The summed E-state index contributed by atoms with van der Waals surface area (Å²) in [6.45, 7) is 6.52. The van der Waals surface area contributed by atoms with Crippen LogP contribution in [-0.4, -0.2) is 5.91 Å². The fourth-order valence-corrected chi connectivity index (χ4v) is 2.27. The van der Waals surface area contributed by atoms with Crippen LogP contribution in [0.5, 0.6) is 0 Å². The molecule has 0 bridgehead atoms. The predicted molar refractivity (Wildman–Crippen MR) is 77.4 cm³/mol. The van der Waals surface area contributed by atoms with Crippen LogP contribution < -0.4 is 5.32 Å². The van der Waals surface area contributed by atoms with Crippen LogP contribution in [0, 0.1) is 0 Å². The zero-order valence-electron chi connectivity index (χ0n) is 10.9. The number of anilines is 1. The molecule has 0 fully saturated rings. The lowest BCUT2D eigenvalue weighted by Gasteiger charge is -2.19. The third-order valence-electron chi connectivity index (χ3n) is 2.75. The van der Waals surface area contributed by atoms with Gasteiger partial charge in [0.15, 0.2) is 0 Å². The zero-order valence-corrected chi connectivity index (χ0v) is 11.7. The summed E-state index contributed by atoms with van der Waals surface area (Å²) >= 11 is 1.45. The number of hydrogen-bond acceptors (Lipinski definition) is 2. The lowest BCUT2D eigenvalue weighted by atomic mass is 9.87. The van der Waals surface area contributed by atoms with Crippen molar-refractivity contribution < 1.29 is 4.79 Å². The monoisotopic (exact) mass is 259 g/mol. The second-order valence-corrected chi connectivity index (χ2v) is 6.21. The van der Waals surface area contributed by atoms with E-state index < -0.39 is 0 Å². The van der Waals surface area contributed by atoms with Crippen LogP contribution in [-0.2, 0) is 5.41 Å². The number of benzene rings is 1. The molecule has 0 aliphatic rings. The normalized spacial score (nSPS) is 11.3. The van der Waals surface area contributed by atoms with Crippen molar-refractivity contribution in [3.05, 3.63) is 52.2 Å². The molecule has 0 unspecified atom stereocenters. The first-order chi connectivity index (χ1) is 8.47. The van der Waals surface area contributed by atoms with Crippen molar-refractivity contribution in [2.24, 2.45) is 0 Å². The Kier molecular flexibility index (Phi) is 3.53. The Morgan fingerprint density at radius 3 is 2.28 bits per heavy atom. The van der Waals surface area contributed by atoms with Gasteiger partial charge in [0.25, 0.3) is 5.91 Å². The molecule has 1 heterocycles. The predicted octanol–water partition coefficient (Wildman–Crippen LogP) is 4.30. The lowest BCUT2D eigenvalue weighted by Crippen LogP contribution is -2.12. The highest BCUT2D eigenvalue weighted by molar-refractivity contribution is 7.12. The molecule has 1 aromatic carbocycles. The third-order valence-corrected chi connectivity index (χ3v) is 3.62. The zero-order chi connectivity index (χ0) is 13.2. The third kappa shape index (κ3) is 2.99. The molecule has 18 heavy (non-hydrogen) atoms. The van der Waals surface area contributed by atoms with Crippen LogP contribution in [0.25, 0.3) is 0 Å². The van der Waals surface area contributed by atoms with E-state index in [0.717, 1.165) is 10.6 Å². The van der Waals surface area contributed by atoms with Gasteiger partial charge in [0.1, 0.15) is 0 Å². The van der Waals surface area contributed by atoms with Crippen molar-refractivity contribution in [1.29, 1.82) is 0 Å². The number of carbonyl (C=O) groups is 1. The Labute approximate surface area is 112 Å². The van der Waals surface area contributed by atoms with Crippen molar-refractivity contribution in [1.82, 2.24) is 0 Å². The average molecular weight is 259 g/mol. The van der Waals surface area contributed by atoms with Gasteiger partial charge >= 0.3 is 0 Å². The van der Waals surface area contributed by atoms with Crippen LogP contribution >= 0.6 is 11.3 Å². The van der Waals surface area contributed by atoms with Gasteiger partial charge in [-0.1, -0.05) is 39.0 Å². The molecule has 94 valence electrons. The van der Waals surface area contributed by atoms with Crippen LogP contribution in [0.4, 0.5) is 5.69 Å². The number of nitrogens with one attached hydrogen (secondary N) is 1. The van der Waals surface area contributed by atoms with E-state index in [-0.39, 0.29) is 11.3 Å². The molecule has 0 radical (unpaired) electrons. The van der Waals surface area contributed by atoms with Crippen molar-refractivity contribution in [3.63, 3.8) is 0 Å². The molecule has 1 amide bonds. The highest BCUT2D eigenvalue weighted by atomic mass is 32.1. The van der Waals surface area contributed by atoms with Crippen LogP contribution in [0.3, 0.4) is 0 Å². The molecule has 0 atom stereocenters. The van der Waals surface area contributed by atoms with Gasteiger partial charge in [-0.05, 0) is 34.6 Å². The Bertz CT molecular complexity index is 521. The molecule has 3 heteroatoms. The summed E-state index contributed by atoms with van der Waals surface area (Å²) in [5.74, 6) is -0.0477. The minimum atomic E-state index is -0.0477. The second-order valence-electron chi connectivity index (χ2n) is 5.26. The second kappa shape index (κ2) is 4.94. The van der Waals surface area contributed by atoms with Crippen molar-refractivity contribution >= 4 is 22.9 Å². The summed E-state index contributed by atoms with van der Waals surface area (Å²) < 4.78 is 0. The Morgan fingerprint density at radius 1 is 1.11 bits per heavy atom. The quantitative estimate of drug-likeness (QED) is 0.856. The Morgan fingerprint density at radius 2 is 1.78 bits per heavy atom. The van der Waals surface area contributed by atoms with E-state index in [4.69, 9.17) is 0 Å². The maximum Gasteiger partial charge on any atom is 0.265 e. The largest absolute Gasteiger partial charge is 0.321 e. The summed E-state index contributed by atoms with van der Waals surface area (Å²) in [5, 5.41) is 4.79. The van der Waals surface area contributed by atoms with E-state index in [1.165, 1.54) is 16.9 Å². The first kappa shape index (κ1) is 12.8. The molecule has 1 aromatic heterocycles. The van der Waals surface area contributed by atoms with E-state index in [1.807, 2.05) is 29.6 Å². The molecule has 0 saturated carbocycles. The van der Waals surface area contributed by atoms with E-state index in [1.54, 1.807) is 0 Å². The molecule has 2 nitrogen and oxygen atoms in total. The molecule has 0 aliphatic carbocycles. The fourth-order valence-electron chi connectivity index (χ4n) is 1.65. The van der Waals surface area contributed by atoms with Crippen LogP contribution in [0.15, 0.2) is 41.8 Å². The number of hydrogen-bond donors (Lipinski definition) is 1. The van der Waals surface area contributed by atoms with Gasteiger partial charge < -0.3 is 5.32 Å². The van der Waals surface area contributed by atoms with Gasteiger partial charge in [-0.3, -0.25) is 4.79 Å². The van der Waals surface area contributed by atoms with Crippen LogP contribution in [0.1, 0.15) is 36.0 Å². The van der Waals surface area contributed by atoms with Crippen molar-refractivity contribution in [2.75, 3.05) is 5.32 Å². The van der Waals surface area contributed by atoms with Gasteiger partial charge in [-0.2, -0.15) is 0 Å². The summed E-state index contributed by atoms with van der Waals surface area (Å²) in [7, 11) is 0. The van der Waals surface area contributed by atoms with Gasteiger partial charge in [0.2, 0.25) is 0 Å². The van der Waals surface area contributed by atoms with Gasteiger partial charge in [0, 0.05) is 5.69 Å². The first-order valence-electron chi connectivity index (χ1n) is 5.92. The molecule has 0 spiro atoms. The average Bonchev–Trinajstić information content (AvgIpc) is 2.82. The fraction of sp³-hybridized carbons (Fsp3) is 0.267. The van der Waals surface area contributed by atoms with Gasteiger partial charge in [-0.25, -0.2) is 0 Å². The van der Waals surface area contributed by atoms with Gasteiger partial charge in [0.05, 0.1) is 4.88 Å². The maximum absolute atomic E-state index is 11.9. The molecule has 0 saturated heterocycles. The summed E-state index contributed by atoms with van der Waals surface area (Å²) in [4.78, 5) is 12.6. The van der Waals surface area contributed by atoms with Gasteiger partial charge in [-0.15, -0.1) is 11.3 Å². The minimum absolute atomic E-state index is 0.0477. The van der Waals surface area contributed by atoms with Crippen LogP contribution in [0.2, 0.25) is 0 Å². The number of thiophene rings is 1. The number of rotatable bonds is 2. The smallest absolute Gasteiger partial charge is 0.265 e. The molecule has 0 aliphatic heterocycles. The Hall–Kier alpha value is -1.61. The lowest BCUT2D eigenvalue weighted by molar-refractivity contribution is 0.103. The van der Waals surface area contributed by atoms with E-state index in [2.05, 4.69) is 38.2 Å². The van der Waals surface area contributed by atoms with Crippen molar-refractivity contribution in [3.8, 4) is 0 Å². The first-order valence-corrected chi connectivity index (χ1v) is 6.80. The molecule has 2 rings (SSSR count). The van der Waals surface area contributed by atoms with E-state index in [9.17, 15) is 4.79 Å².